The van der Waals surface area contributed by atoms with Crippen LogP contribution in [-0.4, -0.2) is 39.7 Å². The number of anilines is 1. The van der Waals surface area contributed by atoms with E-state index in [1.165, 1.54) is 0 Å². The Labute approximate surface area is 147 Å². The summed E-state index contributed by atoms with van der Waals surface area (Å²) < 4.78 is 6.89. The van der Waals surface area contributed by atoms with Crippen LogP contribution in [0.5, 0.6) is 5.88 Å². The van der Waals surface area contributed by atoms with Gasteiger partial charge in [0.1, 0.15) is 0 Å². The average molecular weight is 343 g/mol. The molecular formula is C18H25N5O2. The van der Waals surface area contributed by atoms with Crippen molar-refractivity contribution in [2.24, 2.45) is 5.92 Å². The molecule has 0 N–H and O–H groups in total. The summed E-state index contributed by atoms with van der Waals surface area (Å²) in [5, 5.41) is 0. The first-order chi connectivity index (χ1) is 12.1. The monoisotopic (exact) mass is 343 g/mol. The molecule has 0 radical (unpaired) electrons. The van der Waals surface area contributed by atoms with Gasteiger partial charge in [-0.15, -0.1) is 0 Å². The fourth-order valence-corrected chi connectivity index (χ4v) is 3.08. The maximum absolute atomic E-state index is 12.3. The van der Waals surface area contributed by atoms with E-state index in [0.717, 1.165) is 38.2 Å². The van der Waals surface area contributed by atoms with E-state index in [1.807, 2.05) is 13.8 Å². The molecule has 0 unspecified atom stereocenters. The molecular weight excluding hydrogens is 318 g/mol. The van der Waals surface area contributed by atoms with Gasteiger partial charge >= 0.3 is 0 Å². The van der Waals surface area contributed by atoms with Crippen LogP contribution in [-0.2, 0) is 6.54 Å². The van der Waals surface area contributed by atoms with Crippen molar-refractivity contribution in [3.8, 4) is 5.88 Å². The number of hydrogen-bond donors (Lipinski definition) is 0. The minimum atomic E-state index is 0.0391. The molecule has 0 atom stereocenters. The van der Waals surface area contributed by atoms with Crippen LogP contribution in [0.4, 0.5) is 5.95 Å². The number of piperidine rings is 1. The lowest BCUT2D eigenvalue weighted by molar-refractivity contribution is 0.347. The van der Waals surface area contributed by atoms with Crippen LogP contribution in [0.1, 0.15) is 38.3 Å². The normalized spacial score (nSPS) is 15.6. The fraction of sp³-hybridized carbons (Fsp3) is 0.556. The van der Waals surface area contributed by atoms with Gasteiger partial charge in [0.2, 0.25) is 11.8 Å². The van der Waals surface area contributed by atoms with Gasteiger partial charge in [-0.25, -0.2) is 9.97 Å². The molecule has 0 aromatic carbocycles. The minimum Gasteiger partial charge on any atom is -0.481 e. The van der Waals surface area contributed by atoms with Crippen LogP contribution in [0.15, 0.2) is 29.5 Å². The first kappa shape index (κ1) is 17.4. The number of aromatic nitrogens is 4. The zero-order valence-electron chi connectivity index (χ0n) is 15.1. The Morgan fingerprint density at radius 1 is 1.28 bits per heavy atom. The Kier molecular flexibility index (Phi) is 5.31. The van der Waals surface area contributed by atoms with E-state index in [0.29, 0.717) is 17.7 Å². The molecule has 0 amide bonds. The lowest BCUT2D eigenvalue weighted by Gasteiger charge is -2.32. The van der Waals surface area contributed by atoms with E-state index in [9.17, 15) is 4.79 Å². The van der Waals surface area contributed by atoms with Crippen molar-refractivity contribution in [1.82, 2.24) is 19.5 Å². The molecule has 2 aromatic rings. The van der Waals surface area contributed by atoms with Gasteiger partial charge in [0.15, 0.2) is 0 Å². The van der Waals surface area contributed by atoms with Crippen LogP contribution in [0.3, 0.4) is 0 Å². The van der Waals surface area contributed by atoms with Gasteiger partial charge < -0.3 is 9.64 Å². The van der Waals surface area contributed by atoms with Gasteiger partial charge in [-0.1, -0.05) is 13.8 Å². The molecule has 1 saturated heterocycles. The third kappa shape index (κ3) is 4.15. The fourth-order valence-electron chi connectivity index (χ4n) is 3.08. The topological polar surface area (TPSA) is 73.1 Å². The van der Waals surface area contributed by atoms with Gasteiger partial charge in [0.05, 0.1) is 19.1 Å². The maximum Gasteiger partial charge on any atom is 0.253 e. The van der Waals surface area contributed by atoms with Crippen molar-refractivity contribution in [2.45, 2.75) is 39.2 Å². The predicted octanol–water partition coefficient (Wildman–Crippen LogP) is 2.08. The number of rotatable bonds is 5. The molecule has 1 aliphatic rings. The molecule has 25 heavy (non-hydrogen) atoms. The largest absolute Gasteiger partial charge is 0.481 e. The molecule has 7 heteroatoms. The Morgan fingerprint density at radius 2 is 2.04 bits per heavy atom. The van der Waals surface area contributed by atoms with Crippen LogP contribution in [0.2, 0.25) is 0 Å². The van der Waals surface area contributed by atoms with Crippen molar-refractivity contribution < 1.29 is 4.74 Å². The first-order valence-electron chi connectivity index (χ1n) is 8.75. The summed E-state index contributed by atoms with van der Waals surface area (Å²) in [6, 6.07) is 3.40. The zero-order chi connectivity index (χ0) is 17.8. The van der Waals surface area contributed by atoms with E-state index < -0.39 is 0 Å². The highest BCUT2D eigenvalue weighted by atomic mass is 16.5. The quantitative estimate of drug-likeness (QED) is 0.828. The van der Waals surface area contributed by atoms with Gasteiger partial charge in [0.25, 0.3) is 5.56 Å². The number of ether oxygens (including phenoxy) is 1. The summed E-state index contributed by atoms with van der Waals surface area (Å²) in [6.45, 7) is 6.57. The van der Waals surface area contributed by atoms with Gasteiger partial charge in [-0.2, -0.15) is 4.98 Å². The van der Waals surface area contributed by atoms with Gasteiger partial charge in [0, 0.05) is 38.0 Å². The third-order valence-corrected chi connectivity index (χ3v) is 4.67. The highest BCUT2D eigenvalue weighted by Crippen LogP contribution is 2.22. The molecule has 134 valence electrons. The van der Waals surface area contributed by atoms with E-state index in [-0.39, 0.29) is 11.5 Å². The molecule has 3 heterocycles. The highest BCUT2D eigenvalue weighted by molar-refractivity contribution is 5.32. The van der Waals surface area contributed by atoms with Crippen LogP contribution >= 0.6 is 0 Å². The molecule has 3 rings (SSSR count). The third-order valence-electron chi connectivity index (χ3n) is 4.67. The maximum atomic E-state index is 12.3. The summed E-state index contributed by atoms with van der Waals surface area (Å²) in [6.07, 6.45) is 5.40. The Morgan fingerprint density at radius 3 is 2.68 bits per heavy atom. The predicted molar refractivity (Wildman–Crippen MR) is 96.1 cm³/mol. The molecule has 1 aliphatic heterocycles. The minimum absolute atomic E-state index is 0.0391. The van der Waals surface area contributed by atoms with E-state index in [2.05, 4.69) is 19.9 Å². The van der Waals surface area contributed by atoms with Crippen LogP contribution < -0.4 is 15.2 Å². The van der Waals surface area contributed by atoms with E-state index >= 15 is 0 Å². The lowest BCUT2D eigenvalue weighted by Crippen LogP contribution is -2.37. The van der Waals surface area contributed by atoms with Crippen molar-refractivity contribution in [3.63, 3.8) is 0 Å². The van der Waals surface area contributed by atoms with Gasteiger partial charge in [-0.05, 0) is 24.7 Å². The van der Waals surface area contributed by atoms with Gasteiger partial charge in [-0.3, -0.25) is 9.36 Å². The molecule has 0 saturated carbocycles. The Bertz CT molecular complexity index is 766. The molecule has 0 aliphatic carbocycles. The number of methoxy groups -OCH3 is 1. The molecule has 0 spiro atoms. The summed E-state index contributed by atoms with van der Waals surface area (Å²) in [4.78, 5) is 27.5. The summed E-state index contributed by atoms with van der Waals surface area (Å²) >= 11 is 0. The number of nitrogens with zero attached hydrogens (tertiary/aromatic N) is 5. The lowest BCUT2D eigenvalue weighted by atomic mass is 9.97. The zero-order valence-corrected chi connectivity index (χ0v) is 15.1. The molecule has 0 bridgehead atoms. The van der Waals surface area contributed by atoms with Crippen molar-refractivity contribution in [2.75, 3.05) is 25.1 Å². The van der Waals surface area contributed by atoms with Crippen molar-refractivity contribution in [1.29, 1.82) is 0 Å². The Hall–Kier alpha value is -2.44. The molecule has 7 nitrogen and oxygen atoms in total. The van der Waals surface area contributed by atoms with Crippen molar-refractivity contribution >= 4 is 5.95 Å². The van der Waals surface area contributed by atoms with Crippen LogP contribution in [0, 0.1) is 5.92 Å². The highest BCUT2D eigenvalue weighted by Gasteiger charge is 2.22. The van der Waals surface area contributed by atoms with Crippen LogP contribution in [0.25, 0.3) is 0 Å². The second kappa shape index (κ2) is 7.63. The Balaban J connectivity index is 1.60. The molecule has 1 fully saturated rings. The van der Waals surface area contributed by atoms with Crippen molar-refractivity contribution in [3.05, 3.63) is 40.7 Å². The second-order valence-electron chi connectivity index (χ2n) is 6.79. The summed E-state index contributed by atoms with van der Waals surface area (Å²) in [5.74, 6) is 2.02. The second-order valence-corrected chi connectivity index (χ2v) is 6.79. The summed E-state index contributed by atoms with van der Waals surface area (Å²) in [5.41, 5.74) is 0.892. The smallest absolute Gasteiger partial charge is 0.253 e. The SMILES string of the molecule is COc1ccnc(N2CCC(Cn3cnc(C(C)C)cc3=O)CC2)n1. The first-order valence-corrected chi connectivity index (χ1v) is 8.75. The van der Waals surface area contributed by atoms with E-state index in [1.54, 1.807) is 36.3 Å². The molecule has 2 aromatic heterocycles. The average Bonchev–Trinajstić information content (AvgIpc) is 2.64. The standard InChI is InChI=1S/C18H25N5O2/c1-13(2)15-10-17(24)23(12-20-15)11-14-5-8-22(9-6-14)18-19-7-4-16(21-18)25-3/h4,7,10,12-14H,5-6,8-9,11H2,1-3H3. The summed E-state index contributed by atoms with van der Waals surface area (Å²) in [7, 11) is 1.61. The number of hydrogen-bond acceptors (Lipinski definition) is 6. The van der Waals surface area contributed by atoms with E-state index in [4.69, 9.17) is 4.74 Å².